The highest BCUT2D eigenvalue weighted by atomic mass is 32.2. The number of carbonyl (C=O) groups is 1. The van der Waals surface area contributed by atoms with Crippen LogP contribution in [0.4, 0.5) is 11.5 Å². The molecule has 0 radical (unpaired) electrons. The first-order chi connectivity index (χ1) is 15.5. The number of carbonyl (C=O) groups excluding carboxylic acids is 1. The number of aromatic nitrogens is 2. The third kappa shape index (κ3) is 5.98. The van der Waals surface area contributed by atoms with Gasteiger partial charge in [-0.3, -0.25) is 9.52 Å². The molecule has 2 N–H and O–H groups in total. The summed E-state index contributed by atoms with van der Waals surface area (Å²) in [5, 5.41) is 2.77. The Hall–Kier alpha value is -3.66. The Balaban J connectivity index is 1.72. The molecule has 0 aliphatic heterocycles. The van der Waals surface area contributed by atoms with Gasteiger partial charge in [-0.05, 0) is 47.4 Å². The lowest BCUT2D eigenvalue weighted by Crippen LogP contribution is -2.16. The molecule has 1 heterocycles. The molecule has 0 atom stereocenters. The van der Waals surface area contributed by atoms with Gasteiger partial charge in [0.15, 0.2) is 5.82 Å². The quantitative estimate of drug-likeness (QED) is 0.538. The maximum Gasteiger partial charge on any atom is 0.321 e. The highest BCUT2D eigenvalue weighted by Crippen LogP contribution is 2.24. The van der Waals surface area contributed by atoms with Crippen LogP contribution in [0.3, 0.4) is 0 Å². The molecule has 2 aromatic carbocycles. The van der Waals surface area contributed by atoms with Gasteiger partial charge < -0.3 is 14.8 Å². The molecule has 0 aliphatic rings. The Morgan fingerprint density at radius 1 is 0.909 bits per heavy atom. The molecule has 1 aromatic heterocycles. The summed E-state index contributed by atoms with van der Waals surface area (Å²) < 4.78 is 37.8. The standard InChI is InChI=1S/C23H26N4O5S/c1-23(2,3)16-8-6-15(7-9-16)21(28)24-17-10-12-18(13-11-17)33(29,30)27-19-14-20(31-4)26-22(25-19)32-5/h6-14H,1-5H3,(H,24,28)(H,25,26,27). The molecule has 174 valence electrons. The maximum atomic E-state index is 12.7. The lowest BCUT2D eigenvalue weighted by Gasteiger charge is -2.19. The van der Waals surface area contributed by atoms with Crippen LogP contribution in [0, 0.1) is 0 Å². The number of sulfonamides is 1. The molecule has 33 heavy (non-hydrogen) atoms. The second-order valence-electron chi connectivity index (χ2n) is 8.19. The molecule has 3 rings (SSSR count). The Kier molecular flexibility index (Phi) is 6.87. The van der Waals surface area contributed by atoms with Crippen molar-refractivity contribution in [3.63, 3.8) is 0 Å². The van der Waals surface area contributed by atoms with Crippen molar-refractivity contribution in [1.82, 2.24) is 9.97 Å². The summed E-state index contributed by atoms with van der Waals surface area (Å²) >= 11 is 0. The van der Waals surface area contributed by atoms with Crippen LogP contribution in [0.2, 0.25) is 0 Å². The van der Waals surface area contributed by atoms with E-state index in [0.717, 1.165) is 5.56 Å². The fourth-order valence-corrected chi connectivity index (χ4v) is 3.88. The second kappa shape index (κ2) is 9.45. The number of rotatable bonds is 7. The first-order valence-corrected chi connectivity index (χ1v) is 11.5. The van der Waals surface area contributed by atoms with E-state index < -0.39 is 10.0 Å². The second-order valence-corrected chi connectivity index (χ2v) is 9.88. The molecule has 10 heteroatoms. The van der Waals surface area contributed by atoms with Crippen LogP contribution in [-0.4, -0.2) is 38.5 Å². The lowest BCUT2D eigenvalue weighted by atomic mass is 9.87. The molecule has 1 amide bonds. The van der Waals surface area contributed by atoms with Crippen LogP contribution in [-0.2, 0) is 15.4 Å². The highest BCUT2D eigenvalue weighted by Gasteiger charge is 2.18. The number of methoxy groups -OCH3 is 2. The number of anilines is 2. The number of nitrogens with one attached hydrogen (secondary N) is 2. The first kappa shape index (κ1) is 24.0. The first-order valence-electron chi connectivity index (χ1n) is 10.0. The third-order valence-corrected chi connectivity index (χ3v) is 6.12. The maximum absolute atomic E-state index is 12.7. The van der Waals surface area contributed by atoms with Crippen molar-refractivity contribution < 1.29 is 22.7 Å². The molecule has 0 bridgehead atoms. The SMILES string of the molecule is COc1cc(NS(=O)(=O)c2ccc(NC(=O)c3ccc(C(C)(C)C)cc3)cc2)nc(OC)n1. The fraction of sp³-hybridized carbons (Fsp3) is 0.261. The molecule has 0 saturated carbocycles. The van der Waals surface area contributed by atoms with Gasteiger partial charge in [0.05, 0.1) is 19.1 Å². The van der Waals surface area contributed by atoms with Crippen molar-refractivity contribution in [1.29, 1.82) is 0 Å². The third-order valence-electron chi connectivity index (χ3n) is 4.75. The van der Waals surface area contributed by atoms with Gasteiger partial charge in [-0.25, -0.2) is 8.42 Å². The van der Waals surface area contributed by atoms with E-state index in [9.17, 15) is 13.2 Å². The van der Waals surface area contributed by atoms with Crippen molar-refractivity contribution in [3.8, 4) is 11.9 Å². The van der Waals surface area contributed by atoms with Crippen LogP contribution in [0.1, 0.15) is 36.7 Å². The van der Waals surface area contributed by atoms with Gasteiger partial charge in [0.1, 0.15) is 0 Å². The Morgan fingerprint density at radius 2 is 1.55 bits per heavy atom. The average molecular weight is 471 g/mol. The molecule has 0 spiro atoms. The van der Waals surface area contributed by atoms with Gasteiger partial charge in [-0.2, -0.15) is 9.97 Å². The summed E-state index contributed by atoms with van der Waals surface area (Å²) in [5.74, 6) is -0.146. The zero-order chi connectivity index (χ0) is 24.2. The highest BCUT2D eigenvalue weighted by molar-refractivity contribution is 7.92. The van der Waals surface area contributed by atoms with Crippen molar-refractivity contribution in [2.45, 2.75) is 31.1 Å². The van der Waals surface area contributed by atoms with E-state index in [4.69, 9.17) is 9.47 Å². The molecule has 0 saturated heterocycles. The molecule has 9 nitrogen and oxygen atoms in total. The number of hydrogen-bond donors (Lipinski definition) is 2. The summed E-state index contributed by atoms with van der Waals surface area (Å²) in [5.41, 5.74) is 2.09. The van der Waals surface area contributed by atoms with Crippen molar-refractivity contribution in [2.24, 2.45) is 0 Å². The number of ether oxygens (including phenoxy) is 2. The summed E-state index contributed by atoms with van der Waals surface area (Å²) in [6.45, 7) is 6.30. The van der Waals surface area contributed by atoms with E-state index in [0.29, 0.717) is 11.3 Å². The van der Waals surface area contributed by atoms with Crippen LogP contribution >= 0.6 is 0 Å². The molecular formula is C23H26N4O5S. The lowest BCUT2D eigenvalue weighted by molar-refractivity contribution is 0.102. The largest absolute Gasteiger partial charge is 0.481 e. The zero-order valence-corrected chi connectivity index (χ0v) is 19.9. The smallest absolute Gasteiger partial charge is 0.321 e. The normalized spacial score (nSPS) is 11.5. The van der Waals surface area contributed by atoms with Crippen LogP contribution in [0.15, 0.2) is 59.5 Å². The van der Waals surface area contributed by atoms with Gasteiger partial charge in [0, 0.05) is 17.3 Å². The number of amides is 1. The van der Waals surface area contributed by atoms with E-state index in [2.05, 4.69) is 40.8 Å². The minimum atomic E-state index is -3.94. The Bertz CT molecular complexity index is 1210. The zero-order valence-electron chi connectivity index (χ0n) is 19.0. The van der Waals surface area contributed by atoms with E-state index in [-0.39, 0.29) is 33.9 Å². The predicted octanol–water partition coefficient (Wildman–Crippen LogP) is 3.84. The summed E-state index contributed by atoms with van der Waals surface area (Å²) in [4.78, 5) is 20.4. The van der Waals surface area contributed by atoms with Crippen molar-refractivity contribution >= 4 is 27.4 Å². The van der Waals surface area contributed by atoms with Gasteiger partial charge in [0.2, 0.25) is 5.88 Å². The summed E-state index contributed by atoms with van der Waals surface area (Å²) in [6, 6.07) is 14.5. The number of benzene rings is 2. The molecule has 0 fully saturated rings. The Labute approximate surface area is 193 Å². The van der Waals surface area contributed by atoms with E-state index in [1.807, 2.05) is 12.1 Å². The van der Waals surface area contributed by atoms with E-state index in [1.165, 1.54) is 44.6 Å². The molecular weight excluding hydrogens is 444 g/mol. The Morgan fingerprint density at radius 3 is 2.09 bits per heavy atom. The van der Waals surface area contributed by atoms with Gasteiger partial charge in [-0.1, -0.05) is 32.9 Å². The number of hydrogen-bond acceptors (Lipinski definition) is 7. The fourth-order valence-electron chi connectivity index (χ4n) is 2.89. The van der Waals surface area contributed by atoms with Gasteiger partial charge in [-0.15, -0.1) is 0 Å². The molecule has 3 aromatic rings. The minimum absolute atomic E-state index is 0.00483. The molecule has 0 unspecified atom stereocenters. The topological polar surface area (TPSA) is 120 Å². The average Bonchev–Trinajstić information content (AvgIpc) is 2.78. The van der Waals surface area contributed by atoms with E-state index in [1.54, 1.807) is 12.1 Å². The van der Waals surface area contributed by atoms with Crippen LogP contribution in [0.5, 0.6) is 11.9 Å². The van der Waals surface area contributed by atoms with Crippen LogP contribution in [0.25, 0.3) is 0 Å². The minimum Gasteiger partial charge on any atom is -0.481 e. The van der Waals surface area contributed by atoms with Gasteiger partial charge >= 0.3 is 6.01 Å². The van der Waals surface area contributed by atoms with Crippen molar-refractivity contribution in [3.05, 3.63) is 65.7 Å². The number of nitrogens with zero attached hydrogens (tertiary/aromatic N) is 2. The predicted molar refractivity (Wildman–Crippen MR) is 125 cm³/mol. The van der Waals surface area contributed by atoms with Gasteiger partial charge in [0.25, 0.3) is 15.9 Å². The summed E-state index contributed by atoms with van der Waals surface area (Å²) in [7, 11) is -1.19. The monoisotopic (exact) mass is 470 g/mol. The van der Waals surface area contributed by atoms with Crippen LogP contribution < -0.4 is 19.5 Å². The molecule has 0 aliphatic carbocycles. The van der Waals surface area contributed by atoms with Crippen molar-refractivity contribution in [2.75, 3.05) is 24.3 Å². The summed E-state index contributed by atoms with van der Waals surface area (Å²) in [6.07, 6.45) is 0. The van der Waals surface area contributed by atoms with E-state index >= 15 is 0 Å².